The predicted molar refractivity (Wildman–Crippen MR) is 89.4 cm³/mol. The number of aliphatic hydroxyl groups is 1. The molecular formula is C17H18N2O5S. The number of carbonyl (C=O) groups is 1. The Morgan fingerprint density at radius 2 is 1.96 bits per heavy atom. The fraction of sp³-hybridized carbons (Fsp3) is 0.294. The number of aliphatic hydroxyl groups excluding tert-OH is 1. The second-order valence-electron chi connectivity index (χ2n) is 6.07. The molecule has 0 radical (unpaired) electrons. The minimum absolute atomic E-state index is 0.0673. The quantitative estimate of drug-likeness (QED) is 0.718. The van der Waals surface area contributed by atoms with Gasteiger partial charge in [-0.15, -0.1) is 0 Å². The molecule has 7 nitrogen and oxygen atoms in total. The lowest BCUT2D eigenvalue weighted by atomic mass is 9.76. The molecule has 0 bridgehead atoms. The van der Waals surface area contributed by atoms with Gasteiger partial charge in [-0.1, -0.05) is 12.1 Å². The Morgan fingerprint density at radius 3 is 2.56 bits per heavy atom. The summed E-state index contributed by atoms with van der Waals surface area (Å²) in [5.74, 6) is -1.26. The third-order valence-electron chi connectivity index (χ3n) is 4.30. The third-order valence-corrected chi connectivity index (χ3v) is 5.74. The number of benzene rings is 1. The Kier molecular flexibility index (Phi) is 4.85. The molecule has 25 heavy (non-hydrogen) atoms. The SMILES string of the molecule is O=C(O)c1cccc(S(=O)(=O)NC(c2ccccn2)C2CC(O)C2)c1. The van der Waals surface area contributed by atoms with Crippen LogP contribution in [0.4, 0.5) is 0 Å². The summed E-state index contributed by atoms with van der Waals surface area (Å²) in [6.07, 6.45) is 2.12. The monoisotopic (exact) mass is 362 g/mol. The van der Waals surface area contributed by atoms with E-state index in [4.69, 9.17) is 5.11 Å². The van der Waals surface area contributed by atoms with Crippen LogP contribution in [0.25, 0.3) is 0 Å². The fourth-order valence-corrected chi connectivity index (χ4v) is 4.21. The van der Waals surface area contributed by atoms with Crippen LogP contribution in [0, 0.1) is 5.92 Å². The van der Waals surface area contributed by atoms with E-state index < -0.39 is 28.1 Å². The Balaban J connectivity index is 1.90. The minimum Gasteiger partial charge on any atom is -0.478 e. The van der Waals surface area contributed by atoms with E-state index >= 15 is 0 Å². The van der Waals surface area contributed by atoms with Crippen LogP contribution in [0.3, 0.4) is 0 Å². The molecule has 0 aliphatic heterocycles. The Hall–Kier alpha value is -2.29. The van der Waals surface area contributed by atoms with E-state index in [9.17, 15) is 18.3 Å². The second-order valence-corrected chi connectivity index (χ2v) is 7.79. The highest BCUT2D eigenvalue weighted by Gasteiger charge is 2.37. The summed E-state index contributed by atoms with van der Waals surface area (Å²) < 4.78 is 28.1. The lowest BCUT2D eigenvalue weighted by Crippen LogP contribution is -2.41. The van der Waals surface area contributed by atoms with Gasteiger partial charge in [-0.05, 0) is 49.1 Å². The molecule has 2 aromatic rings. The maximum Gasteiger partial charge on any atom is 0.335 e. The van der Waals surface area contributed by atoms with E-state index in [0.29, 0.717) is 18.5 Å². The number of sulfonamides is 1. The average molecular weight is 362 g/mol. The first-order chi connectivity index (χ1) is 11.9. The van der Waals surface area contributed by atoms with Gasteiger partial charge in [-0.2, -0.15) is 0 Å². The van der Waals surface area contributed by atoms with Crippen molar-refractivity contribution in [2.24, 2.45) is 5.92 Å². The molecule has 1 aliphatic rings. The van der Waals surface area contributed by atoms with E-state index in [1.54, 1.807) is 24.4 Å². The first-order valence-electron chi connectivity index (χ1n) is 7.81. The van der Waals surface area contributed by atoms with Gasteiger partial charge in [-0.3, -0.25) is 4.98 Å². The minimum atomic E-state index is -3.94. The number of nitrogens with one attached hydrogen (secondary N) is 1. The zero-order chi connectivity index (χ0) is 18.0. The first kappa shape index (κ1) is 17.5. The molecule has 3 rings (SSSR count). The zero-order valence-corrected chi connectivity index (χ0v) is 14.1. The second kappa shape index (κ2) is 6.91. The van der Waals surface area contributed by atoms with E-state index in [1.807, 2.05) is 0 Å². The first-order valence-corrected chi connectivity index (χ1v) is 9.30. The van der Waals surface area contributed by atoms with Crippen molar-refractivity contribution in [2.45, 2.75) is 29.9 Å². The maximum atomic E-state index is 12.7. The van der Waals surface area contributed by atoms with Crippen molar-refractivity contribution in [2.75, 3.05) is 0 Å². The number of pyridine rings is 1. The number of hydrogen-bond acceptors (Lipinski definition) is 5. The van der Waals surface area contributed by atoms with Crippen molar-refractivity contribution in [1.29, 1.82) is 0 Å². The number of carboxylic acid groups (broad SMARTS) is 1. The van der Waals surface area contributed by atoms with Gasteiger partial charge in [0.15, 0.2) is 0 Å². The van der Waals surface area contributed by atoms with Crippen molar-refractivity contribution >= 4 is 16.0 Å². The number of aromatic carboxylic acids is 1. The van der Waals surface area contributed by atoms with Crippen LogP contribution in [-0.4, -0.2) is 35.7 Å². The van der Waals surface area contributed by atoms with Gasteiger partial charge in [0.25, 0.3) is 0 Å². The van der Waals surface area contributed by atoms with Crippen molar-refractivity contribution in [3.05, 3.63) is 59.9 Å². The van der Waals surface area contributed by atoms with E-state index in [-0.39, 0.29) is 16.4 Å². The highest BCUT2D eigenvalue weighted by molar-refractivity contribution is 7.89. The van der Waals surface area contributed by atoms with Crippen LogP contribution in [-0.2, 0) is 10.0 Å². The standard InChI is InChI=1S/C17H18N2O5S/c20-13-8-12(9-13)16(15-6-1-2-7-18-15)19-25(23,24)14-5-3-4-11(10-14)17(21)22/h1-7,10,12-13,16,19-20H,8-9H2,(H,21,22). The Labute approximate surface area is 145 Å². The number of nitrogens with zero attached hydrogens (tertiary/aromatic N) is 1. The number of aromatic nitrogens is 1. The lowest BCUT2D eigenvalue weighted by molar-refractivity contribution is 0.0273. The molecule has 1 unspecified atom stereocenters. The molecule has 3 N–H and O–H groups in total. The lowest BCUT2D eigenvalue weighted by Gasteiger charge is -2.37. The van der Waals surface area contributed by atoms with Gasteiger partial charge in [0, 0.05) is 6.20 Å². The number of rotatable bonds is 6. The molecule has 1 fully saturated rings. The molecule has 1 aromatic carbocycles. The summed E-state index contributed by atoms with van der Waals surface area (Å²) >= 11 is 0. The summed E-state index contributed by atoms with van der Waals surface area (Å²) in [7, 11) is -3.94. The fourth-order valence-electron chi connectivity index (χ4n) is 2.89. The van der Waals surface area contributed by atoms with Crippen molar-refractivity contribution in [1.82, 2.24) is 9.71 Å². The summed E-state index contributed by atoms with van der Waals surface area (Å²) in [6.45, 7) is 0. The highest BCUT2D eigenvalue weighted by atomic mass is 32.2. The van der Waals surface area contributed by atoms with Gasteiger partial charge >= 0.3 is 5.97 Å². The van der Waals surface area contributed by atoms with Gasteiger partial charge in [0.05, 0.1) is 28.3 Å². The summed E-state index contributed by atoms with van der Waals surface area (Å²) in [4.78, 5) is 15.2. The summed E-state index contributed by atoms with van der Waals surface area (Å²) in [5, 5.41) is 18.6. The van der Waals surface area contributed by atoms with Crippen molar-refractivity contribution in [3.63, 3.8) is 0 Å². The largest absolute Gasteiger partial charge is 0.478 e. The van der Waals surface area contributed by atoms with Crippen molar-refractivity contribution < 1.29 is 23.4 Å². The summed E-state index contributed by atoms with van der Waals surface area (Å²) in [6, 6.07) is 9.84. The molecule has 1 aliphatic carbocycles. The van der Waals surface area contributed by atoms with Gasteiger partial charge < -0.3 is 10.2 Å². The molecule has 8 heteroatoms. The van der Waals surface area contributed by atoms with Crippen LogP contribution < -0.4 is 4.72 Å². The smallest absolute Gasteiger partial charge is 0.335 e. The molecular weight excluding hydrogens is 344 g/mol. The van der Waals surface area contributed by atoms with Crippen LogP contribution in [0.2, 0.25) is 0 Å². The Morgan fingerprint density at radius 1 is 1.20 bits per heavy atom. The zero-order valence-electron chi connectivity index (χ0n) is 13.2. The van der Waals surface area contributed by atoms with E-state index in [1.165, 1.54) is 18.2 Å². The van der Waals surface area contributed by atoms with Gasteiger partial charge in [-0.25, -0.2) is 17.9 Å². The molecule has 1 atom stereocenters. The van der Waals surface area contributed by atoms with Crippen molar-refractivity contribution in [3.8, 4) is 0 Å². The molecule has 1 heterocycles. The summed E-state index contributed by atoms with van der Waals surface area (Å²) in [5.41, 5.74) is 0.466. The molecule has 1 aromatic heterocycles. The molecule has 132 valence electrons. The average Bonchev–Trinajstić information content (AvgIpc) is 2.58. The van der Waals surface area contributed by atoms with Crippen LogP contribution in [0.5, 0.6) is 0 Å². The predicted octanol–water partition coefficient (Wildman–Crippen LogP) is 1.57. The van der Waals surface area contributed by atoms with Crippen LogP contribution >= 0.6 is 0 Å². The number of hydrogen-bond donors (Lipinski definition) is 3. The highest BCUT2D eigenvalue weighted by Crippen LogP contribution is 2.38. The molecule has 0 saturated heterocycles. The van der Waals surface area contributed by atoms with E-state index in [2.05, 4.69) is 9.71 Å². The molecule has 0 amide bonds. The molecule has 1 saturated carbocycles. The third kappa shape index (κ3) is 3.87. The molecule has 0 spiro atoms. The Bertz CT molecular complexity index is 864. The van der Waals surface area contributed by atoms with Gasteiger partial charge in [0.1, 0.15) is 0 Å². The van der Waals surface area contributed by atoms with Crippen LogP contribution in [0.15, 0.2) is 53.6 Å². The topological polar surface area (TPSA) is 117 Å². The van der Waals surface area contributed by atoms with Crippen LogP contribution in [0.1, 0.15) is 34.9 Å². The normalized spacial score (nSPS) is 21.3. The number of carboxylic acids is 1. The van der Waals surface area contributed by atoms with E-state index in [0.717, 1.165) is 6.07 Å². The maximum absolute atomic E-state index is 12.7. The van der Waals surface area contributed by atoms with Gasteiger partial charge in [0.2, 0.25) is 10.0 Å².